The molecule has 12 heavy (non-hydrogen) atoms. The first-order valence-electron chi connectivity index (χ1n) is 3.19. The Hall–Kier alpha value is -0.930. The fraction of sp³-hybridized carbons (Fsp3) is 0. The summed E-state index contributed by atoms with van der Waals surface area (Å²) in [6.45, 7) is 0. The van der Waals surface area contributed by atoms with Gasteiger partial charge in [-0.3, -0.25) is 0 Å². The van der Waals surface area contributed by atoms with Gasteiger partial charge in [0.05, 0.1) is 10.9 Å². The van der Waals surface area contributed by atoms with Crippen molar-refractivity contribution in [1.82, 2.24) is 15.0 Å². The molecule has 0 bridgehead atoms. The Balaban J connectivity index is 2.86. The second-order valence-electron chi connectivity index (χ2n) is 2.19. The molecule has 0 aliphatic rings. The van der Waals surface area contributed by atoms with Crippen LogP contribution in [0.25, 0.3) is 10.9 Å². The number of fused-ring (bicyclic) bond motifs is 1. The van der Waals surface area contributed by atoms with Gasteiger partial charge in [0.2, 0.25) is 0 Å². The third kappa shape index (κ3) is 1.21. The van der Waals surface area contributed by atoms with Crippen molar-refractivity contribution in [1.29, 1.82) is 0 Å². The van der Waals surface area contributed by atoms with Crippen LogP contribution in [0.5, 0.6) is 0 Å². The van der Waals surface area contributed by atoms with Crippen LogP contribution < -0.4 is 0 Å². The first kappa shape index (κ1) is 7.71. The van der Waals surface area contributed by atoms with E-state index < -0.39 is 0 Å². The molecule has 0 saturated carbocycles. The van der Waals surface area contributed by atoms with Gasteiger partial charge in [0.1, 0.15) is 16.6 Å². The van der Waals surface area contributed by atoms with Crippen molar-refractivity contribution in [3.05, 3.63) is 28.9 Å². The van der Waals surface area contributed by atoms with Gasteiger partial charge < -0.3 is 0 Å². The fourth-order valence-electron chi connectivity index (χ4n) is 0.897. The third-order valence-corrected chi connectivity index (χ3v) is 1.95. The molecule has 0 atom stereocenters. The predicted molar refractivity (Wildman–Crippen MR) is 47.4 cm³/mol. The van der Waals surface area contributed by atoms with E-state index in [2.05, 4.69) is 15.0 Å². The molecule has 0 unspecified atom stereocenters. The van der Waals surface area contributed by atoms with E-state index in [-0.39, 0.29) is 0 Å². The van der Waals surface area contributed by atoms with Crippen molar-refractivity contribution in [2.24, 2.45) is 0 Å². The number of pyridine rings is 1. The van der Waals surface area contributed by atoms with Gasteiger partial charge in [0, 0.05) is 12.3 Å². The molecule has 0 aliphatic heterocycles. The van der Waals surface area contributed by atoms with Gasteiger partial charge in [0.25, 0.3) is 0 Å². The van der Waals surface area contributed by atoms with Crippen LogP contribution in [0, 0.1) is 0 Å². The lowest BCUT2D eigenvalue weighted by Gasteiger charge is -1.96. The van der Waals surface area contributed by atoms with E-state index in [0.717, 1.165) is 0 Å². The fourth-order valence-corrected chi connectivity index (χ4v) is 1.24. The summed E-state index contributed by atoms with van der Waals surface area (Å²) < 4.78 is 0. The zero-order valence-electron chi connectivity index (χ0n) is 5.83. The average molecular weight is 200 g/mol. The largest absolute Gasteiger partial charge is 0.244 e. The molecule has 2 aromatic rings. The van der Waals surface area contributed by atoms with Crippen LogP contribution in [-0.4, -0.2) is 15.0 Å². The van der Waals surface area contributed by atoms with E-state index in [1.165, 1.54) is 6.33 Å². The lowest BCUT2D eigenvalue weighted by molar-refractivity contribution is 1.21. The van der Waals surface area contributed by atoms with E-state index in [0.29, 0.717) is 21.2 Å². The number of rotatable bonds is 0. The number of aromatic nitrogens is 3. The van der Waals surface area contributed by atoms with Gasteiger partial charge in [-0.05, 0) is 0 Å². The molecule has 0 aromatic carbocycles. The summed E-state index contributed by atoms with van der Waals surface area (Å²) in [6.07, 6.45) is 2.95. The van der Waals surface area contributed by atoms with Gasteiger partial charge in [-0.2, -0.15) is 0 Å². The van der Waals surface area contributed by atoms with Crippen LogP contribution in [0.1, 0.15) is 0 Å². The molecule has 5 heteroatoms. The van der Waals surface area contributed by atoms with Gasteiger partial charge in [0.15, 0.2) is 0 Å². The Morgan fingerprint density at radius 3 is 2.75 bits per heavy atom. The number of nitrogens with zero attached hydrogens (tertiary/aromatic N) is 3. The van der Waals surface area contributed by atoms with Crippen molar-refractivity contribution >= 4 is 34.1 Å². The molecule has 2 heterocycles. The molecule has 2 rings (SSSR count). The zero-order chi connectivity index (χ0) is 8.55. The Bertz CT molecular complexity index is 430. The minimum atomic E-state index is 0.393. The minimum absolute atomic E-state index is 0.393. The molecule has 60 valence electrons. The van der Waals surface area contributed by atoms with Crippen molar-refractivity contribution in [2.45, 2.75) is 0 Å². The van der Waals surface area contributed by atoms with Gasteiger partial charge in [-0.1, -0.05) is 23.2 Å². The minimum Gasteiger partial charge on any atom is -0.244 e. The van der Waals surface area contributed by atoms with Crippen LogP contribution in [0.2, 0.25) is 10.3 Å². The molecule has 0 N–H and O–H groups in total. The topological polar surface area (TPSA) is 38.7 Å². The molecule has 0 saturated heterocycles. The van der Waals surface area contributed by atoms with E-state index in [9.17, 15) is 0 Å². The van der Waals surface area contributed by atoms with Gasteiger partial charge >= 0.3 is 0 Å². The maximum Gasteiger partial charge on any atom is 0.141 e. The monoisotopic (exact) mass is 199 g/mol. The third-order valence-electron chi connectivity index (χ3n) is 1.44. The first-order chi connectivity index (χ1) is 5.77. The average Bonchev–Trinajstić information content (AvgIpc) is 2.04. The molecule has 0 amide bonds. The highest BCUT2D eigenvalue weighted by Gasteiger charge is 2.01. The molecule has 0 aliphatic carbocycles. The SMILES string of the molecule is Clc1cc2ncnc(Cl)c2cn1. The molecule has 3 nitrogen and oxygen atoms in total. The van der Waals surface area contributed by atoms with Crippen molar-refractivity contribution in [2.75, 3.05) is 0 Å². The number of hydrogen-bond acceptors (Lipinski definition) is 3. The Kier molecular flexibility index (Phi) is 1.83. The summed E-state index contributed by atoms with van der Waals surface area (Å²) in [5, 5.41) is 1.50. The van der Waals surface area contributed by atoms with Gasteiger partial charge in [-0.25, -0.2) is 15.0 Å². The van der Waals surface area contributed by atoms with E-state index >= 15 is 0 Å². The van der Waals surface area contributed by atoms with Crippen molar-refractivity contribution in [3.63, 3.8) is 0 Å². The highest BCUT2D eigenvalue weighted by Crippen LogP contribution is 2.19. The van der Waals surface area contributed by atoms with Crippen LogP contribution in [0.15, 0.2) is 18.6 Å². The van der Waals surface area contributed by atoms with Gasteiger partial charge in [-0.15, -0.1) is 0 Å². The molecule has 2 aromatic heterocycles. The summed E-state index contributed by atoms with van der Waals surface area (Å²) in [7, 11) is 0. The Morgan fingerprint density at radius 1 is 1.08 bits per heavy atom. The second-order valence-corrected chi connectivity index (χ2v) is 2.93. The quantitative estimate of drug-likeness (QED) is 0.483. The normalized spacial score (nSPS) is 10.5. The summed E-state index contributed by atoms with van der Waals surface area (Å²) in [5.41, 5.74) is 0.704. The lowest BCUT2D eigenvalue weighted by atomic mass is 10.3. The summed E-state index contributed by atoms with van der Waals surface area (Å²) in [6, 6.07) is 1.64. The summed E-state index contributed by atoms with van der Waals surface area (Å²) in [4.78, 5) is 11.7. The maximum atomic E-state index is 5.78. The smallest absolute Gasteiger partial charge is 0.141 e. The first-order valence-corrected chi connectivity index (χ1v) is 3.95. The Morgan fingerprint density at radius 2 is 1.92 bits per heavy atom. The number of halogens is 2. The number of hydrogen-bond donors (Lipinski definition) is 0. The lowest BCUT2D eigenvalue weighted by Crippen LogP contribution is -1.84. The highest BCUT2D eigenvalue weighted by molar-refractivity contribution is 6.34. The van der Waals surface area contributed by atoms with E-state index in [1.807, 2.05) is 0 Å². The Labute approximate surface area is 78.4 Å². The van der Waals surface area contributed by atoms with Crippen LogP contribution >= 0.6 is 23.2 Å². The van der Waals surface area contributed by atoms with Crippen molar-refractivity contribution < 1.29 is 0 Å². The second kappa shape index (κ2) is 2.84. The van der Waals surface area contributed by atoms with Crippen molar-refractivity contribution in [3.8, 4) is 0 Å². The standard InChI is InChI=1S/C7H3Cl2N3/c8-6-1-5-4(2-10-6)7(9)12-3-11-5/h1-3H. The van der Waals surface area contributed by atoms with Crippen LogP contribution in [0.3, 0.4) is 0 Å². The zero-order valence-corrected chi connectivity index (χ0v) is 7.34. The van der Waals surface area contributed by atoms with Crippen LogP contribution in [0.4, 0.5) is 0 Å². The van der Waals surface area contributed by atoms with Crippen LogP contribution in [-0.2, 0) is 0 Å². The summed E-state index contributed by atoms with van der Waals surface area (Å²) >= 11 is 11.4. The molecular formula is C7H3Cl2N3. The summed E-state index contributed by atoms with van der Waals surface area (Å²) in [5.74, 6) is 0. The van der Waals surface area contributed by atoms with E-state index in [4.69, 9.17) is 23.2 Å². The predicted octanol–water partition coefficient (Wildman–Crippen LogP) is 2.33. The molecule has 0 radical (unpaired) electrons. The van der Waals surface area contributed by atoms with E-state index in [1.54, 1.807) is 12.3 Å². The maximum absolute atomic E-state index is 5.78. The molecule has 0 spiro atoms. The molecular weight excluding hydrogens is 197 g/mol. The highest BCUT2D eigenvalue weighted by atomic mass is 35.5. The molecule has 0 fully saturated rings.